The van der Waals surface area contributed by atoms with Crippen LogP contribution in [-0.2, 0) is 11.3 Å². The predicted molar refractivity (Wildman–Crippen MR) is 107 cm³/mol. The van der Waals surface area contributed by atoms with Crippen LogP contribution in [0.15, 0.2) is 23.2 Å². The minimum absolute atomic E-state index is 0. The smallest absolute Gasteiger partial charge is 0.191 e. The molecule has 1 aromatic rings. The van der Waals surface area contributed by atoms with Crippen molar-refractivity contribution in [1.82, 2.24) is 10.6 Å². The Balaban J connectivity index is 0.00000208. The van der Waals surface area contributed by atoms with Crippen LogP contribution >= 0.6 is 24.0 Å². The van der Waals surface area contributed by atoms with Crippen molar-refractivity contribution < 1.29 is 9.47 Å². The van der Waals surface area contributed by atoms with E-state index in [9.17, 15) is 0 Å². The summed E-state index contributed by atoms with van der Waals surface area (Å²) in [5, 5.41) is 6.78. The Hall–Kier alpha value is -1.02. The number of nitrogens with zero attached hydrogens (tertiary/aromatic N) is 1. The van der Waals surface area contributed by atoms with Gasteiger partial charge in [0.05, 0.1) is 13.2 Å². The highest BCUT2D eigenvalue weighted by Crippen LogP contribution is 2.23. The van der Waals surface area contributed by atoms with E-state index >= 15 is 0 Å². The fourth-order valence-corrected chi connectivity index (χ4v) is 2.66. The van der Waals surface area contributed by atoms with Crippen molar-refractivity contribution in [2.45, 2.75) is 38.8 Å². The summed E-state index contributed by atoms with van der Waals surface area (Å²) in [6.07, 6.45) is 3.57. The molecule has 0 radical (unpaired) electrons. The normalized spacial score (nSPS) is 20.4. The molecule has 0 bridgehead atoms. The molecule has 24 heavy (non-hydrogen) atoms. The molecule has 6 heteroatoms. The van der Waals surface area contributed by atoms with E-state index in [2.05, 4.69) is 40.7 Å². The van der Waals surface area contributed by atoms with Crippen molar-refractivity contribution in [3.8, 4) is 5.75 Å². The summed E-state index contributed by atoms with van der Waals surface area (Å²) < 4.78 is 11.5. The van der Waals surface area contributed by atoms with Gasteiger partial charge in [-0.15, -0.1) is 24.0 Å². The van der Waals surface area contributed by atoms with Crippen LogP contribution in [0.25, 0.3) is 0 Å². The number of hydrogen-bond acceptors (Lipinski definition) is 3. The SMILES string of the molecule is CN=C(NCc1ccc(C)cc1OCC1CCOC1)NC1CC1.I. The van der Waals surface area contributed by atoms with Gasteiger partial charge in [0, 0.05) is 37.7 Å². The van der Waals surface area contributed by atoms with Gasteiger partial charge in [0.15, 0.2) is 5.96 Å². The van der Waals surface area contributed by atoms with Gasteiger partial charge in [-0.1, -0.05) is 12.1 Å². The van der Waals surface area contributed by atoms with Gasteiger partial charge in [-0.2, -0.15) is 0 Å². The number of nitrogens with one attached hydrogen (secondary N) is 2. The molecule has 0 amide bonds. The van der Waals surface area contributed by atoms with Crippen LogP contribution in [0.4, 0.5) is 0 Å². The van der Waals surface area contributed by atoms with E-state index in [1.54, 1.807) is 0 Å². The molecule has 1 aliphatic heterocycles. The molecule has 0 spiro atoms. The van der Waals surface area contributed by atoms with Crippen LogP contribution in [0.3, 0.4) is 0 Å². The molecule has 1 heterocycles. The van der Waals surface area contributed by atoms with Crippen LogP contribution in [0, 0.1) is 12.8 Å². The first-order valence-electron chi connectivity index (χ1n) is 8.52. The first-order valence-corrected chi connectivity index (χ1v) is 8.52. The molecule has 2 N–H and O–H groups in total. The third kappa shape index (κ3) is 5.81. The maximum atomic E-state index is 6.08. The molecule has 2 aliphatic rings. The molecule has 1 atom stereocenters. The van der Waals surface area contributed by atoms with Crippen LogP contribution in [0.1, 0.15) is 30.4 Å². The summed E-state index contributed by atoms with van der Waals surface area (Å²) in [7, 11) is 1.81. The van der Waals surface area contributed by atoms with Gasteiger partial charge < -0.3 is 20.1 Å². The summed E-state index contributed by atoms with van der Waals surface area (Å²) >= 11 is 0. The van der Waals surface area contributed by atoms with Crippen molar-refractivity contribution in [2.75, 3.05) is 26.9 Å². The van der Waals surface area contributed by atoms with Crippen molar-refractivity contribution >= 4 is 29.9 Å². The number of ether oxygens (including phenoxy) is 2. The molecule has 1 aromatic carbocycles. The maximum absolute atomic E-state index is 6.08. The minimum atomic E-state index is 0. The lowest BCUT2D eigenvalue weighted by Gasteiger charge is -2.16. The monoisotopic (exact) mass is 445 g/mol. The van der Waals surface area contributed by atoms with Gasteiger partial charge in [0.25, 0.3) is 0 Å². The summed E-state index contributed by atoms with van der Waals surface area (Å²) in [5.41, 5.74) is 2.38. The minimum Gasteiger partial charge on any atom is -0.493 e. The van der Waals surface area contributed by atoms with E-state index in [0.29, 0.717) is 18.5 Å². The lowest BCUT2D eigenvalue weighted by molar-refractivity contribution is 0.166. The molecule has 134 valence electrons. The predicted octanol–water partition coefficient (Wildman–Crippen LogP) is 2.86. The first kappa shape index (κ1) is 19.3. The summed E-state index contributed by atoms with van der Waals surface area (Å²) in [6, 6.07) is 6.97. The number of aryl methyl sites for hydroxylation is 1. The third-order valence-corrected chi connectivity index (χ3v) is 4.31. The van der Waals surface area contributed by atoms with E-state index in [-0.39, 0.29) is 24.0 Å². The molecular weight excluding hydrogens is 417 g/mol. The van der Waals surface area contributed by atoms with Crippen LogP contribution in [-0.4, -0.2) is 38.9 Å². The average Bonchev–Trinajstić information content (AvgIpc) is 3.22. The molecule has 1 saturated heterocycles. The Kier molecular flexibility index (Phi) is 7.61. The van der Waals surface area contributed by atoms with Gasteiger partial charge in [-0.3, -0.25) is 4.99 Å². The van der Waals surface area contributed by atoms with Crippen molar-refractivity contribution in [1.29, 1.82) is 0 Å². The number of halogens is 1. The molecule has 2 fully saturated rings. The Bertz CT molecular complexity index is 555. The highest BCUT2D eigenvalue weighted by Gasteiger charge is 2.22. The fourth-order valence-electron chi connectivity index (χ4n) is 2.66. The van der Waals surface area contributed by atoms with Crippen molar-refractivity contribution in [3.05, 3.63) is 29.3 Å². The Morgan fingerprint density at radius 2 is 2.17 bits per heavy atom. The Labute approximate surface area is 161 Å². The van der Waals surface area contributed by atoms with Crippen molar-refractivity contribution in [2.24, 2.45) is 10.9 Å². The van der Waals surface area contributed by atoms with E-state index in [0.717, 1.165) is 43.5 Å². The lowest BCUT2D eigenvalue weighted by atomic mass is 10.1. The van der Waals surface area contributed by atoms with Crippen LogP contribution < -0.4 is 15.4 Å². The summed E-state index contributed by atoms with van der Waals surface area (Å²) in [6.45, 7) is 5.21. The number of hydrogen-bond donors (Lipinski definition) is 2. The zero-order chi connectivity index (χ0) is 16.1. The van der Waals surface area contributed by atoms with Gasteiger partial charge >= 0.3 is 0 Å². The van der Waals surface area contributed by atoms with Crippen molar-refractivity contribution in [3.63, 3.8) is 0 Å². The van der Waals surface area contributed by atoms with E-state index in [1.807, 2.05) is 7.05 Å². The second-order valence-electron chi connectivity index (χ2n) is 6.50. The number of aliphatic imine (C=N–C) groups is 1. The number of guanidine groups is 1. The number of rotatable bonds is 6. The lowest BCUT2D eigenvalue weighted by Crippen LogP contribution is -2.38. The Morgan fingerprint density at radius 3 is 2.83 bits per heavy atom. The van der Waals surface area contributed by atoms with Gasteiger partial charge in [-0.25, -0.2) is 0 Å². The third-order valence-electron chi connectivity index (χ3n) is 4.31. The van der Waals surface area contributed by atoms with Gasteiger partial charge in [-0.05, 0) is 37.8 Å². The second-order valence-corrected chi connectivity index (χ2v) is 6.50. The van der Waals surface area contributed by atoms with Gasteiger partial charge in [0.2, 0.25) is 0 Å². The van der Waals surface area contributed by atoms with Gasteiger partial charge in [0.1, 0.15) is 5.75 Å². The largest absolute Gasteiger partial charge is 0.493 e. The molecule has 1 aliphatic carbocycles. The second kappa shape index (κ2) is 9.46. The molecule has 1 saturated carbocycles. The first-order chi connectivity index (χ1) is 11.2. The van der Waals surface area contributed by atoms with Crippen LogP contribution in [0.5, 0.6) is 5.75 Å². The van der Waals surface area contributed by atoms with Crippen LogP contribution in [0.2, 0.25) is 0 Å². The molecule has 0 aromatic heterocycles. The van der Waals surface area contributed by atoms with E-state index in [1.165, 1.54) is 18.4 Å². The zero-order valence-electron chi connectivity index (χ0n) is 14.5. The molecule has 5 nitrogen and oxygen atoms in total. The van der Waals surface area contributed by atoms with E-state index < -0.39 is 0 Å². The average molecular weight is 445 g/mol. The molecule has 1 unspecified atom stereocenters. The standard InChI is InChI=1S/C18H27N3O2.HI/c1-13-3-4-15(10-20-18(19-2)21-16-5-6-16)17(9-13)23-12-14-7-8-22-11-14;/h3-4,9,14,16H,5-8,10-12H2,1-2H3,(H2,19,20,21);1H. The molecule has 3 rings (SSSR count). The number of benzene rings is 1. The maximum Gasteiger partial charge on any atom is 0.191 e. The summed E-state index contributed by atoms with van der Waals surface area (Å²) in [5.74, 6) is 2.34. The Morgan fingerprint density at radius 1 is 1.33 bits per heavy atom. The fraction of sp³-hybridized carbons (Fsp3) is 0.611. The quantitative estimate of drug-likeness (QED) is 0.402. The molecular formula is C18H28IN3O2. The highest BCUT2D eigenvalue weighted by atomic mass is 127. The summed E-state index contributed by atoms with van der Waals surface area (Å²) in [4.78, 5) is 4.28. The topological polar surface area (TPSA) is 54.9 Å². The van der Waals surface area contributed by atoms with E-state index in [4.69, 9.17) is 9.47 Å². The zero-order valence-corrected chi connectivity index (χ0v) is 16.8. The highest BCUT2D eigenvalue weighted by molar-refractivity contribution is 14.0.